The van der Waals surface area contributed by atoms with Crippen LogP contribution < -0.4 is 16.3 Å². The summed E-state index contributed by atoms with van der Waals surface area (Å²) >= 11 is 0. The van der Waals surface area contributed by atoms with Crippen LogP contribution in [0.15, 0.2) is 33.5 Å². The smallest absolute Gasteiger partial charge is 0.349 e. The van der Waals surface area contributed by atoms with Gasteiger partial charge in [0, 0.05) is 11.4 Å². The van der Waals surface area contributed by atoms with E-state index in [1.54, 1.807) is 19.1 Å². The summed E-state index contributed by atoms with van der Waals surface area (Å²) in [7, 11) is 0. The van der Waals surface area contributed by atoms with Crippen molar-refractivity contribution in [1.29, 1.82) is 0 Å². The topological polar surface area (TPSA) is 71.3 Å². The van der Waals surface area contributed by atoms with E-state index in [0.29, 0.717) is 17.1 Å². The number of carbonyl (C=O) groups excluding carboxylic acids is 1. The second-order valence-electron chi connectivity index (χ2n) is 5.94. The molecular weight excluding hydrogens is 316 g/mol. The predicted molar refractivity (Wildman–Crippen MR) is 92.4 cm³/mol. The van der Waals surface area contributed by atoms with E-state index in [-0.39, 0.29) is 29.9 Å². The highest BCUT2D eigenvalue weighted by Gasteiger charge is 2.26. The summed E-state index contributed by atoms with van der Waals surface area (Å²) in [6.45, 7) is 5.63. The number of fused-ring (bicyclic) bond motifs is 1. The molecular formula is C17H21ClN2O3. The Morgan fingerprint density at radius 3 is 2.83 bits per heavy atom. The largest absolute Gasteiger partial charge is 0.422 e. The normalized spacial score (nSPS) is 20.8. The first-order valence-corrected chi connectivity index (χ1v) is 7.62. The first kappa shape index (κ1) is 17.5. The Hall–Kier alpha value is -1.85. The molecule has 5 nitrogen and oxygen atoms in total. The zero-order valence-corrected chi connectivity index (χ0v) is 14.0. The van der Waals surface area contributed by atoms with Gasteiger partial charge in [0.15, 0.2) is 0 Å². The van der Waals surface area contributed by atoms with E-state index in [0.717, 1.165) is 24.9 Å². The van der Waals surface area contributed by atoms with Gasteiger partial charge in [-0.2, -0.15) is 0 Å². The van der Waals surface area contributed by atoms with Gasteiger partial charge in [-0.3, -0.25) is 4.79 Å². The fourth-order valence-electron chi connectivity index (χ4n) is 3.04. The first-order chi connectivity index (χ1) is 10.6. The summed E-state index contributed by atoms with van der Waals surface area (Å²) in [5, 5.41) is 7.08. The maximum Gasteiger partial charge on any atom is 0.349 e. The maximum atomic E-state index is 12.6. The summed E-state index contributed by atoms with van der Waals surface area (Å²) in [6, 6.07) is 7.35. The van der Waals surface area contributed by atoms with Crippen molar-refractivity contribution in [1.82, 2.24) is 10.6 Å². The van der Waals surface area contributed by atoms with Gasteiger partial charge in [0.25, 0.3) is 5.91 Å². The van der Waals surface area contributed by atoms with Crippen LogP contribution >= 0.6 is 12.4 Å². The highest BCUT2D eigenvalue weighted by atomic mass is 35.5. The molecule has 0 radical (unpaired) electrons. The molecule has 3 rings (SSSR count). The summed E-state index contributed by atoms with van der Waals surface area (Å²) in [6.07, 6.45) is 0.866. The third kappa shape index (κ3) is 3.41. The molecule has 1 aliphatic heterocycles. The van der Waals surface area contributed by atoms with E-state index in [9.17, 15) is 9.59 Å². The average molecular weight is 337 g/mol. The van der Waals surface area contributed by atoms with Gasteiger partial charge in [-0.05, 0) is 44.0 Å². The number of carbonyl (C=O) groups is 1. The van der Waals surface area contributed by atoms with Crippen molar-refractivity contribution in [3.63, 3.8) is 0 Å². The fraction of sp³-hybridized carbons (Fsp3) is 0.412. The van der Waals surface area contributed by atoms with E-state index in [2.05, 4.69) is 17.6 Å². The number of para-hydroxylation sites is 1. The molecule has 0 spiro atoms. The molecule has 0 saturated carbocycles. The zero-order chi connectivity index (χ0) is 15.7. The Kier molecular flexibility index (Phi) is 5.44. The monoisotopic (exact) mass is 336 g/mol. The molecule has 1 aromatic carbocycles. The molecule has 23 heavy (non-hydrogen) atoms. The lowest BCUT2D eigenvalue weighted by Gasteiger charge is -2.30. The lowest BCUT2D eigenvalue weighted by atomic mass is 9.94. The summed E-state index contributed by atoms with van der Waals surface area (Å²) in [4.78, 5) is 24.7. The van der Waals surface area contributed by atoms with Crippen molar-refractivity contribution in [2.45, 2.75) is 26.3 Å². The number of aryl methyl sites for hydroxylation is 1. The average Bonchev–Trinajstić information content (AvgIpc) is 2.49. The lowest BCUT2D eigenvalue weighted by Crippen LogP contribution is -2.49. The van der Waals surface area contributed by atoms with Crippen LogP contribution in [0.5, 0.6) is 0 Å². The number of nitrogens with one attached hydrogen (secondary N) is 2. The minimum Gasteiger partial charge on any atom is -0.422 e. The molecule has 2 atom stereocenters. The zero-order valence-electron chi connectivity index (χ0n) is 13.2. The maximum absolute atomic E-state index is 12.6. The van der Waals surface area contributed by atoms with Gasteiger partial charge < -0.3 is 15.1 Å². The van der Waals surface area contributed by atoms with Crippen molar-refractivity contribution in [3.8, 4) is 0 Å². The quantitative estimate of drug-likeness (QED) is 0.825. The van der Waals surface area contributed by atoms with Crippen molar-refractivity contribution < 1.29 is 9.21 Å². The molecule has 1 aliphatic rings. The van der Waals surface area contributed by atoms with Gasteiger partial charge in [-0.15, -0.1) is 12.4 Å². The van der Waals surface area contributed by atoms with Gasteiger partial charge in [-0.25, -0.2) is 4.79 Å². The Labute approximate surface area is 140 Å². The van der Waals surface area contributed by atoms with Gasteiger partial charge in [-0.1, -0.05) is 25.1 Å². The molecule has 0 bridgehead atoms. The second kappa shape index (κ2) is 7.15. The van der Waals surface area contributed by atoms with Crippen molar-refractivity contribution in [2.24, 2.45) is 5.92 Å². The third-order valence-corrected chi connectivity index (χ3v) is 4.40. The third-order valence-electron chi connectivity index (χ3n) is 4.40. The van der Waals surface area contributed by atoms with Crippen LogP contribution in [0.2, 0.25) is 0 Å². The molecule has 1 aromatic heterocycles. The standard InChI is InChI=1S/C17H20N2O3.ClH/c1-10-9-18-8-7-13(10)19-16(20)15-11(2)12-5-3-4-6-14(12)22-17(15)21;/h3-6,10,13,18H,7-9H2,1-2H3,(H,19,20);1H. The molecule has 2 heterocycles. The molecule has 2 aromatic rings. The molecule has 1 saturated heterocycles. The predicted octanol–water partition coefficient (Wildman–Crippen LogP) is 2.25. The van der Waals surface area contributed by atoms with Gasteiger partial charge in [0.1, 0.15) is 11.1 Å². The van der Waals surface area contributed by atoms with Crippen LogP contribution in [-0.4, -0.2) is 25.0 Å². The molecule has 1 fully saturated rings. The Morgan fingerprint density at radius 1 is 1.35 bits per heavy atom. The molecule has 6 heteroatoms. The van der Waals surface area contributed by atoms with Crippen LogP contribution in [0, 0.1) is 12.8 Å². The van der Waals surface area contributed by atoms with E-state index >= 15 is 0 Å². The van der Waals surface area contributed by atoms with Gasteiger partial charge >= 0.3 is 5.63 Å². The Balaban J connectivity index is 0.00000192. The number of benzene rings is 1. The molecule has 124 valence electrons. The summed E-state index contributed by atoms with van der Waals surface area (Å²) in [5.41, 5.74) is 0.724. The molecule has 1 amide bonds. The van der Waals surface area contributed by atoms with Crippen molar-refractivity contribution in [2.75, 3.05) is 13.1 Å². The van der Waals surface area contributed by atoms with Crippen LogP contribution in [0.3, 0.4) is 0 Å². The highest BCUT2D eigenvalue weighted by Crippen LogP contribution is 2.19. The molecule has 2 N–H and O–H groups in total. The number of amides is 1. The van der Waals surface area contributed by atoms with Crippen molar-refractivity contribution in [3.05, 3.63) is 45.8 Å². The Bertz CT molecular complexity index is 772. The van der Waals surface area contributed by atoms with E-state index in [1.807, 2.05) is 12.1 Å². The SMILES string of the molecule is Cc1c(C(=O)NC2CCNCC2C)c(=O)oc2ccccc12.Cl. The number of rotatable bonds is 2. The fourth-order valence-corrected chi connectivity index (χ4v) is 3.04. The number of hydrogen-bond donors (Lipinski definition) is 2. The van der Waals surface area contributed by atoms with Crippen LogP contribution in [0.25, 0.3) is 11.0 Å². The van der Waals surface area contributed by atoms with Crippen LogP contribution in [-0.2, 0) is 0 Å². The summed E-state index contributed by atoms with van der Waals surface area (Å²) < 4.78 is 5.28. The lowest BCUT2D eigenvalue weighted by molar-refractivity contribution is 0.0910. The van der Waals surface area contributed by atoms with E-state index in [1.165, 1.54) is 0 Å². The van der Waals surface area contributed by atoms with Gasteiger partial charge in [0.05, 0.1) is 0 Å². The van der Waals surface area contributed by atoms with Gasteiger partial charge in [0.2, 0.25) is 0 Å². The minimum absolute atomic E-state index is 0. The van der Waals surface area contributed by atoms with Crippen LogP contribution in [0.1, 0.15) is 29.3 Å². The number of hydrogen-bond acceptors (Lipinski definition) is 4. The highest BCUT2D eigenvalue weighted by molar-refractivity contribution is 5.99. The van der Waals surface area contributed by atoms with E-state index < -0.39 is 5.63 Å². The minimum atomic E-state index is -0.574. The first-order valence-electron chi connectivity index (χ1n) is 7.62. The number of halogens is 1. The number of piperidine rings is 1. The molecule has 0 aliphatic carbocycles. The Morgan fingerprint density at radius 2 is 2.09 bits per heavy atom. The second-order valence-corrected chi connectivity index (χ2v) is 5.94. The van der Waals surface area contributed by atoms with Crippen molar-refractivity contribution >= 4 is 29.3 Å². The van der Waals surface area contributed by atoms with Crippen LogP contribution in [0.4, 0.5) is 0 Å². The summed E-state index contributed by atoms with van der Waals surface area (Å²) in [5.74, 6) is 0.00116. The van der Waals surface area contributed by atoms with E-state index in [4.69, 9.17) is 4.42 Å². The molecule has 2 unspecified atom stereocenters.